The van der Waals surface area contributed by atoms with Crippen LogP contribution in [0.4, 0.5) is 0 Å². The Morgan fingerprint density at radius 2 is 2.11 bits per heavy atom. The van der Waals surface area contributed by atoms with Crippen LogP contribution in [-0.4, -0.2) is 24.4 Å². The summed E-state index contributed by atoms with van der Waals surface area (Å²) < 4.78 is 10.7. The zero-order chi connectivity index (χ0) is 13.4. The van der Waals surface area contributed by atoms with Crippen molar-refractivity contribution in [3.05, 3.63) is 52.1 Å². The van der Waals surface area contributed by atoms with Crippen LogP contribution in [0.25, 0.3) is 10.8 Å². The van der Waals surface area contributed by atoms with Crippen LogP contribution in [0.1, 0.15) is 5.56 Å². The molecule has 0 radical (unpaired) electrons. The molecule has 2 atom stereocenters. The van der Waals surface area contributed by atoms with Gasteiger partial charge in [0.2, 0.25) is 0 Å². The largest absolute Gasteiger partial charge is 0.457 e. The van der Waals surface area contributed by atoms with Gasteiger partial charge in [-0.15, -0.1) is 0 Å². The van der Waals surface area contributed by atoms with Crippen LogP contribution < -0.4 is 4.74 Å². The zero-order valence-electron chi connectivity index (χ0n) is 10.4. The van der Waals surface area contributed by atoms with Crippen LogP contribution in [0.3, 0.4) is 0 Å². The number of hydrogen-bond donors (Lipinski definition) is 0. The lowest BCUT2D eigenvalue weighted by molar-refractivity contribution is -0.546. The van der Waals surface area contributed by atoms with Crippen molar-refractivity contribution in [2.75, 3.05) is 7.11 Å². The minimum atomic E-state index is -0.872. The van der Waals surface area contributed by atoms with Crippen molar-refractivity contribution in [2.45, 2.75) is 18.8 Å². The molecule has 5 heteroatoms. The summed E-state index contributed by atoms with van der Waals surface area (Å²) in [6.45, 7) is 0. The predicted molar refractivity (Wildman–Crippen MR) is 69.9 cm³/mol. The molecule has 0 unspecified atom stereocenters. The van der Waals surface area contributed by atoms with E-state index in [1.165, 1.54) is 7.11 Å². The molecule has 0 saturated carbocycles. The van der Waals surface area contributed by atoms with Crippen molar-refractivity contribution >= 4 is 10.8 Å². The van der Waals surface area contributed by atoms with Crippen molar-refractivity contribution in [1.82, 2.24) is 0 Å². The second-order valence-corrected chi connectivity index (χ2v) is 4.54. The zero-order valence-corrected chi connectivity index (χ0v) is 10.4. The van der Waals surface area contributed by atoms with Gasteiger partial charge in [-0.1, -0.05) is 30.3 Å². The Morgan fingerprint density at radius 3 is 2.84 bits per heavy atom. The van der Waals surface area contributed by atoms with E-state index in [1.54, 1.807) is 0 Å². The molecule has 98 valence electrons. The maximum absolute atomic E-state index is 11.1. The Bertz CT molecular complexity index is 640. The summed E-state index contributed by atoms with van der Waals surface area (Å²) in [5.41, 5.74) is 0.883. The minimum absolute atomic E-state index is 0.322. The Hall–Kier alpha value is -2.14. The van der Waals surface area contributed by atoms with E-state index >= 15 is 0 Å². The van der Waals surface area contributed by atoms with Gasteiger partial charge in [0.05, 0.1) is 6.42 Å². The summed E-state index contributed by atoms with van der Waals surface area (Å²) in [6.07, 6.45) is -0.508. The van der Waals surface area contributed by atoms with E-state index in [9.17, 15) is 10.1 Å². The quantitative estimate of drug-likeness (QED) is 0.613. The van der Waals surface area contributed by atoms with E-state index in [-0.39, 0.29) is 4.92 Å². The fraction of sp³-hybridized carbons (Fsp3) is 0.286. The van der Waals surface area contributed by atoms with Crippen LogP contribution in [-0.2, 0) is 11.2 Å². The van der Waals surface area contributed by atoms with Gasteiger partial charge in [-0.3, -0.25) is 10.1 Å². The van der Waals surface area contributed by atoms with E-state index in [2.05, 4.69) is 0 Å². The first-order chi connectivity index (χ1) is 9.20. The molecule has 3 rings (SSSR count). The van der Waals surface area contributed by atoms with Crippen LogP contribution in [0, 0.1) is 10.1 Å². The number of nitrogens with zero attached hydrogens (tertiary/aromatic N) is 1. The van der Waals surface area contributed by atoms with Crippen LogP contribution in [0.5, 0.6) is 5.75 Å². The number of rotatable bonds is 2. The van der Waals surface area contributed by atoms with Gasteiger partial charge in [0, 0.05) is 17.6 Å². The first-order valence-corrected chi connectivity index (χ1v) is 6.04. The Labute approximate surface area is 109 Å². The summed E-state index contributed by atoms with van der Waals surface area (Å²) in [5, 5.41) is 13.2. The molecule has 0 amide bonds. The molecule has 0 spiro atoms. The number of ether oxygens (including phenoxy) is 2. The Balaban J connectivity index is 2.13. The second kappa shape index (κ2) is 4.51. The van der Waals surface area contributed by atoms with Crippen LogP contribution >= 0.6 is 0 Å². The Kier molecular flexibility index (Phi) is 2.83. The molecule has 2 aromatic carbocycles. The lowest BCUT2D eigenvalue weighted by Crippen LogP contribution is -2.43. The third-order valence-corrected chi connectivity index (χ3v) is 3.47. The topological polar surface area (TPSA) is 61.6 Å². The average Bonchev–Trinajstić information content (AvgIpc) is 2.45. The molecule has 1 aliphatic rings. The van der Waals surface area contributed by atoms with Gasteiger partial charge >= 0.3 is 0 Å². The van der Waals surface area contributed by atoms with Gasteiger partial charge in [0.25, 0.3) is 12.3 Å². The molecule has 19 heavy (non-hydrogen) atoms. The first-order valence-electron chi connectivity index (χ1n) is 6.04. The molecule has 1 heterocycles. The number of methoxy groups -OCH3 is 1. The van der Waals surface area contributed by atoms with E-state index in [0.29, 0.717) is 12.2 Å². The summed E-state index contributed by atoms with van der Waals surface area (Å²) in [7, 11) is 1.42. The van der Waals surface area contributed by atoms with Crippen molar-refractivity contribution in [3.63, 3.8) is 0 Å². The van der Waals surface area contributed by atoms with Crippen LogP contribution in [0.2, 0.25) is 0 Å². The van der Waals surface area contributed by atoms with Crippen molar-refractivity contribution in [1.29, 1.82) is 0 Å². The van der Waals surface area contributed by atoms with Gasteiger partial charge in [0.1, 0.15) is 5.75 Å². The maximum Gasteiger partial charge on any atom is 0.278 e. The molecular weight excluding hydrogens is 246 g/mol. The molecule has 0 N–H and O–H groups in total. The SMILES string of the molecule is CO[C@H]1Oc2ccc3ccccc3c2C[C@H]1[N+](=O)[O-]. The van der Waals surface area contributed by atoms with E-state index < -0.39 is 12.3 Å². The van der Waals surface area contributed by atoms with Gasteiger partial charge in [-0.05, 0) is 16.8 Å². The van der Waals surface area contributed by atoms with Gasteiger partial charge in [-0.25, -0.2) is 0 Å². The number of nitro groups is 1. The maximum atomic E-state index is 11.1. The molecular formula is C14H13NO4. The number of hydrogen-bond acceptors (Lipinski definition) is 4. The average molecular weight is 259 g/mol. The first kappa shape index (κ1) is 11.9. The summed E-state index contributed by atoms with van der Waals surface area (Å²) in [5.74, 6) is 0.670. The summed E-state index contributed by atoms with van der Waals surface area (Å²) in [6, 6.07) is 10.7. The lowest BCUT2D eigenvalue weighted by atomic mass is 9.95. The molecule has 1 aliphatic heterocycles. The van der Waals surface area contributed by atoms with Crippen molar-refractivity contribution in [3.8, 4) is 5.75 Å². The minimum Gasteiger partial charge on any atom is -0.457 e. The highest BCUT2D eigenvalue weighted by Gasteiger charge is 2.39. The molecule has 0 saturated heterocycles. The Morgan fingerprint density at radius 1 is 1.32 bits per heavy atom. The molecule has 0 aliphatic carbocycles. The highest BCUT2D eigenvalue weighted by atomic mass is 16.7. The normalized spacial score (nSPS) is 21.7. The van der Waals surface area contributed by atoms with Crippen molar-refractivity contribution < 1.29 is 14.4 Å². The lowest BCUT2D eigenvalue weighted by Gasteiger charge is -2.28. The standard InChI is InChI=1S/C14H13NO4/c1-18-14-12(15(16)17)8-11-10-5-3-2-4-9(10)6-7-13(11)19-14/h2-7,12,14H,8H2,1H3/t12-,14+/m1/s1. The van der Waals surface area contributed by atoms with Gasteiger partial charge in [0.15, 0.2) is 0 Å². The number of benzene rings is 2. The molecule has 0 aromatic heterocycles. The molecule has 2 aromatic rings. The fourth-order valence-corrected chi connectivity index (χ4v) is 2.53. The number of fused-ring (bicyclic) bond motifs is 3. The van der Waals surface area contributed by atoms with E-state index in [1.807, 2.05) is 36.4 Å². The van der Waals surface area contributed by atoms with E-state index in [4.69, 9.17) is 9.47 Å². The summed E-state index contributed by atoms with van der Waals surface area (Å²) >= 11 is 0. The second-order valence-electron chi connectivity index (χ2n) is 4.54. The molecule has 0 fully saturated rings. The van der Waals surface area contributed by atoms with Crippen molar-refractivity contribution in [2.24, 2.45) is 0 Å². The smallest absolute Gasteiger partial charge is 0.278 e. The highest BCUT2D eigenvalue weighted by Crippen LogP contribution is 2.34. The van der Waals surface area contributed by atoms with Gasteiger partial charge in [-0.2, -0.15) is 0 Å². The van der Waals surface area contributed by atoms with E-state index in [0.717, 1.165) is 16.3 Å². The van der Waals surface area contributed by atoms with Crippen LogP contribution in [0.15, 0.2) is 36.4 Å². The third kappa shape index (κ3) is 1.92. The molecule has 0 bridgehead atoms. The third-order valence-electron chi connectivity index (χ3n) is 3.47. The predicted octanol–water partition coefficient (Wildman–Crippen LogP) is 2.39. The molecule has 5 nitrogen and oxygen atoms in total. The fourth-order valence-electron chi connectivity index (χ4n) is 2.53. The van der Waals surface area contributed by atoms with Gasteiger partial charge < -0.3 is 9.47 Å². The monoisotopic (exact) mass is 259 g/mol. The summed E-state index contributed by atoms with van der Waals surface area (Å²) in [4.78, 5) is 10.8. The highest BCUT2D eigenvalue weighted by molar-refractivity contribution is 5.88.